The van der Waals surface area contributed by atoms with Crippen LogP contribution in [0.2, 0.25) is 0 Å². The van der Waals surface area contributed by atoms with E-state index in [1.807, 2.05) is 24.3 Å². The Morgan fingerprint density at radius 1 is 1.10 bits per heavy atom. The fourth-order valence-electron chi connectivity index (χ4n) is 3.78. The van der Waals surface area contributed by atoms with Crippen LogP contribution in [0.5, 0.6) is 0 Å². The molecule has 1 aliphatic carbocycles. The van der Waals surface area contributed by atoms with Gasteiger partial charge in [-0.05, 0) is 22.3 Å². The van der Waals surface area contributed by atoms with Crippen LogP contribution in [0.15, 0.2) is 53.9 Å². The molecule has 0 spiro atoms. The molecule has 1 aromatic heterocycles. The molecule has 0 saturated carbocycles. The van der Waals surface area contributed by atoms with Crippen LogP contribution in [0.25, 0.3) is 11.1 Å². The Labute approximate surface area is 183 Å². The van der Waals surface area contributed by atoms with E-state index in [-0.39, 0.29) is 25.5 Å². The lowest BCUT2D eigenvalue weighted by molar-refractivity contribution is -0.136. The summed E-state index contributed by atoms with van der Waals surface area (Å²) in [5.74, 6) is -1.01. The van der Waals surface area contributed by atoms with Crippen LogP contribution < -0.4 is 4.90 Å². The molecule has 0 fully saturated rings. The van der Waals surface area contributed by atoms with E-state index in [0.717, 1.165) is 22.3 Å². The van der Waals surface area contributed by atoms with E-state index in [1.54, 1.807) is 12.5 Å². The van der Waals surface area contributed by atoms with Crippen molar-refractivity contribution in [3.63, 3.8) is 0 Å². The monoisotopic (exact) mass is 438 g/mol. The number of hydrogen-bond donors (Lipinski definition) is 1. The van der Waals surface area contributed by atoms with Crippen molar-refractivity contribution in [2.45, 2.75) is 12.3 Å². The molecule has 0 aliphatic heterocycles. The second-order valence-electron chi connectivity index (χ2n) is 7.14. The van der Waals surface area contributed by atoms with Crippen LogP contribution in [-0.2, 0) is 20.7 Å². The van der Waals surface area contributed by atoms with Crippen molar-refractivity contribution in [3.8, 4) is 11.1 Å². The zero-order valence-electron chi connectivity index (χ0n) is 17.0. The molecule has 1 heterocycles. The van der Waals surface area contributed by atoms with Gasteiger partial charge in [0.1, 0.15) is 6.61 Å². The van der Waals surface area contributed by atoms with Gasteiger partial charge in [-0.3, -0.25) is 9.69 Å². The fourth-order valence-corrected chi connectivity index (χ4v) is 4.62. The maximum atomic E-state index is 13.0. The minimum Gasteiger partial charge on any atom is -0.481 e. The molecule has 0 radical (unpaired) electrons. The Morgan fingerprint density at radius 2 is 1.74 bits per heavy atom. The summed E-state index contributed by atoms with van der Waals surface area (Å²) < 4.78 is 10.8. The van der Waals surface area contributed by atoms with E-state index in [9.17, 15) is 9.59 Å². The first-order valence-corrected chi connectivity index (χ1v) is 10.7. The SMILES string of the molecule is COCCN(C(=O)OCC1c2ccccc2-c2ccccc21)c1nc(CC(=O)O)cs1. The van der Waals surface area contributed by atoms with E-state index >= 15 is 0 Å². The summed E-state index contributed by atoms with van der Waals surface area (Å²) in [6.45, 7) is 0.759. The van der Waals surface area contributed by atoms with E-state index in [0.29, 0.717) is 17.4 Å². The number of aromatic nitrogens is 1. The van der Waals surface area contributed by atoms with Crippen LogP contribution in [0, 0.1) is 0 Å². The molecule has 0 atom stereocenters. The van der Waals surface area contributed by atoms with Gasteiger partial charge in [-0.25, -0.2) is 9.78 Å². The molecule has 31 heavy (non-hydrogen) atoms. The highest BCUT2D eigenvalue weighted by atomic mass is 32.1. The lowest BCUT2D eigenvalue weighted by Gasteiger charge is -2.21. The van der Waals surface area contributed by atoms with Gasteiger partial charge in [0.15, 0.2) is 5.13 Å². The Bertz CT molecular complexity index is 1050. The number of anilines is 1. The smallest absolute Gasteiger partial charge is 0.416 e. The Hall–Kier alpha value is -3.23. The number of thiazole rings is 1. The number of aliphatic carboxylic acids is 1. The number of carboxylic acids is 1. The Kier molecular flexibility index (Phi) is 6.29. The number of rotatable bonds is 8. The first-order valence-electron chi connectivity index (χ1n) is 9.86. The van der Waals surface area contributed by atoms with Crippen molar-refractivity contribution < 1.29 is 24.2 Å². The van der Waals surface area contributed by atoms with Crippen LogP contribution in [0.3, 0.4) is 0 Å². The number of carbonyl (C=O) groups excluding carboxylic acids is 1. The largest absolute Gasteiger partial charge is 0.481 e. The standard InChI is InChI=1S/C23H22N2O5S/c1-29-11-10-25(22-24-15(14-31-22)12-21(26)27)23(28)30-13-20-18-8-4-2-6-16(18)17-7-3-5-9-19(17)20/h2-9,14,20H,10-13H2,1H3,(H,26,27). The number of ether oxygens (including phenoxy) is 2. The summed E-state index contributed by atoms with van der Waals surface area (Å²) >= 11 is 1.21. The molecular formula is C23H22N2O5S. The summed E-state index contributed by atoms with van der Waals surface area (Å²) in [5, 5.41) is 11.0. The molecule has 2 aromatic carbocycles. The topological polar surface area (TPSA) is 89.0 Å². The third kappa shape index (κ3) is 4.45. The highest BCUT2D eigenvalue weighted by Crippen LogP contribution is 2.44. The maximum absolute atomic E-state index is 13.0. The lowest BCUT2D eigenvalue weighted by Crippen LogP contribution is -2.35. The van der Waals surface area contributed by atoms with E-state index in [4.69, 9.17) is 14.6 Å². The molecule has 160 valence electrons. The van der Waals surface area contributed by atoms with Gasteiger partial charge in [0.2, 0.25) is 0 Å². The van der Waals surface area contributed by atoms with Gasteiger partial charge in [-0.2, -0.15) is 0 Å². The van der Waals surface area contributed by atoms with Crippen molar-refractivity contribution in [1.29, 1.82) is 0 Å². The Balaban J connectivity index is 1.52. The highest BCUT2D eigenvalue weighted by molar-refractivity contribution is 7.14. The van der Waals surface area contributed by atoms with Crippen molar-refractivity contribution in [3.05, 3.63) is 70.7 Å². The molecule has 7 nitrogen and oxygen atoms in total. The number of carbonyl (C=O) groups is 2. The highest BCUT2D eigenvalue weighted by Gasteiger charge is 2.30. The summed E-state index contributed by atoms with van der Waals surface area (Å²) in [6.07, 6.45) is -0.727. The van der Waals surface area contributed by atoms with Crippen LogP contribution in [0.4, 0.5) is 9.93 Å². The number of fused-ring (bicyclic) bond motifs is 3. The third-order valence-electron chi connectivity index (χ3n) is 5.18. The van der Waals surface area contributed by atoms with Gasteiger partial charge in [0.25, 0.3) is 0 Å². The van der Waals surface area contributed by atoms with Crippen molar-refractivity contribution in [2.24, 2.45) is 0 Å². The number of amides is 1. The van der Waals surface area contributed by atoms with Crippen molar-refractivity contribution in [2.75, 3.05) is 31.8 Å². The molecule has 1 N–H and O–H groups in total. The van der Waals surface area contributed by atoms with Gasteiger partial charge in [-0.1, -0.05) is 48.5 Å². The van der Waals surface area contributed by atoms with Gasteiger partial charge < -0.3 is 14.6 Å². The van der Waals surface area contributed by atoms with Crippen LogP contribution in [-0.4, -0.2) is 49.0 Å². The molecule has 0 unspecified atom stereocenters. The fraction of sp³-hybridized carbons (Fsp3) is 0.261. The molecular weight excluding hydrogens is 416 g/mol. The lowest BCUT2D eigenvalue weighted by atomic mass is 9.98. The van der Waals surface area contributed by atoms with E-state index < -0.39 is 12.1 Å². The number of hydrogen-bond acceptors (Lipinski definition) is 6. The van der Waals surface area contributed by atoms with Crippen molar-refractivity contribution >= 4 is 28.5 Å². The third-order valence-corrected chi connectivity index (χ3v) is 6.09. The van der Waals surface area contributed by atoms with E-state index in [2.05, 4.69) is 29.2 Å². The molecule has 0 bridgehead atoms. The molecule has 0 saturated heterocycles. The van der Waals surface area contributed by atoms with Gasteiger partial charge in [-0.15, -0.1) is 11.3 Å². The predicted molar refractivity (Wildman–Crippen MR) is 118 cm³/mol. The quantitative estimate of drug-likeness (QED) is 0.568. The zero-order chi connectivity index (χ0) is 21.8. The normalized spacial score (nSPS) is 12.3. The first-order chi connectivity index (χ1) is 15.1. The summed E-state index contributed by atoms with van der Waals surface area (Å²) in [4.78, 5) is 29.6. The van der Waals surface area contributed by atoms with Crippen molar-refractivity contribution in [1.82, 2.24) is 4.98 Å². The molecule has 1 aliphatic rings. The number of benzene rings is 2. The molecule has 1 amide bonds. The number of nitrogens with zero attached hydrogens (tertiary/aromatic N) is 2. The minimum atomic E-state index is -0.971. The van der Waals surface area contributed by atoms with Crippen LogP contribution in [0.1, 0.15) is 22.7 Å². The van der Waals surface area contributed by atoms with Crippen LogP contribution >= 0.6 is 11.3 Å². The Morgan fingerprint density at radius 3 is 2.35 bits per heavy atom. The average molecular weight is 439 g/mol. The second-order valence-corrected chi connectivity index (χ2v) is 7.98. The van der Waals surface area contributed by atoms with Gasteiger partial charge >= 0.3 is 12.1 Å². The first kappa shape index (κ1) is 21.0. The number of methoxy groups -OCH3 is 1. The second kappa shape index (κ2) is 9.28. The zero-order valence-corrected chi connectivity index (χ0v) is 17.8. The number of carboxylic acid groups (broad SMARTS) is 1. The minimum absolute atomic E-state index is 0.0421. The summed E-state index contributed by atoms with van der Waals surface area (Å²) in [5.41, 5.74) is 5.00. The van der Waals surface area contributed by atoms with E-state index in [1.165, 1.54) is 16.2 Å². The van der Waals surface area contributed by atoms with Gasteiger partial charge in [0.05, 0.1) is 25.3 Å². The molecule has 4 rings (SSSR count). The summed E-state index contributed by atoms with van der Waals surface area (Å²) in [7, 11) is 1.55. The predicted octanol–water partition coefficient (Wildman–Crippen LogP) is 4.17. The maximum Gasteiger partial charge on any atom is 0.416 e. The average Bonchev–Trinajstić information content (AvgIpc) is 3.35. The molecule has 8 heteroatoms. The summed E-state index contributed by atoms with van der Waals surface area (Å²) in [6, 6.07) is 16.3. The molecule has 3 aromatic rings. The van der Waals surface area contributed by atoms with Gasteiger partial charge in [0, 0.05) is 18.4 Å².